The first-order valence-corrected chi connectivity index (χ1v) is 7.41. The second-order valence-electron chi connectivity index (χ2n) is 4.13. The second kappa shape index (κ2) is 7.20. The van der Waals surface area contributed by atoms with Crippen molar-refractivity contribution in [1.82, 2.24) is 0 Å². The third-order valence-corrected chi connectivity index (χ3v) is 3.76. The number of para-hydroxylation sites is 1. The molecule has 22 heavy (non-hydrogen) atoms. The maximum Gasteiger partial charge on any atom is 0.314 e. The largest absolute Gasteiger partial charge is 0.316 e. The minimum absolute atomic E-state index is 0.160. The number of hydrogen-bond donors (Lipinski definition) is 2. The van der Waals surface area contributed by atoms with Crippen molar-refractivity contribution >= 4 is 69.6 Å². The van der Waals surface area contributed by atoms with E-state index in [0.29, 0.717) is 5.02 Å². The van der Waals surface area contributed by atoms with Gasteiger partial charge in [-0.25, -0.2) is 0 Å². The lowest BCUT2D eigenvalue weighted by Crippen LogP contribution is -2.29. The van der Waals surface area contributed by atoms with Gasteiger partial charge in [-0.1, -0.05) is 52.5 Å². The third kappa shape index (κ3) is 4.05. The molecule has 0 fully saturated rings. The molecule has 2 aromatic carbocycles. The second-order valence-corrected chi connectivity index (χ2v) is 5.79. The number of amides is 2. The highest BCUT2D eigenvalue weighted by Gasteiger charge is 2.18. The van der Waals surface area contributed by atoms with E-state index in [2.05, 4.69) is 10.6 Å². The van der Waals surface area contributed by atoms with Crippen LogP contribution < -0.4 is 10.6 Å². The van der Waals surface area contributed by atoms with Crippen LogP contribution in [0.2, 0.25) is 20.1 Å². The van der Waals surface area contributed by atoms with Crippen molar-refractivity contribution in [2.75, 3.05) is 10.6 Å². The van der Waals surface area contributed by atoms with Crippen molar-refractivity contribution in [2.45, 2.75) is 0 Å². The Morgan fingerprint density at radius 1 is 0.773 bits per heavy atom. The number of anilines is 2. The van der Waals surface area contributed by atoms with Crippen molar-refractivity contribution in [1.29, 1.82) is 0 Å². The molecule has 0 radical (unpaired) electrons. The number of nitrogens with one attached hydrogen (secondary N) is 2. The molecule has 0 saturated carbocycles. The summed E-state index contributed by atoms with van der Waals surface area (Å²) in [5.74, 6) is -1.85. The van der Waals surface area contributed by atoms with Gasteiger partial charge >= 0.3 is 11.8 Å². The summed E-state index contributed by atoms with van der Waals surface area (Å²) in [6, 6.07) is 9.16. The molecule has 0 heterocycles. The van der Waals surface area contributed by atoms with Gasteiger partial charge in [0.25, 0.3) is 0 Å². The predicted molar refractivity (Wildman–Crippen MR) is 90.2 cm³/mol. The lowest BCUT2D eigenvalue weighted by atomic mass is 10.3. The molecule has 0 aliphatic heterocycles. The first-order valence-electron chi connectivity index (χ1n) is 5.90. The lowest BCUT2D eigenvalue weighted by Gasteiger charge is -2.10. The summed E-state index contributed by atoms with van der Waals surface area (Å²) in [5, 5.41) is 5.78. The maximum atomic E-state index is 11.9. The van der Waals surface area contributed by atoms with Gasteiger partial charge in [-0.05, 0) is 30.3 Å². The van der Waals surface area contributed by atoms with Crippen LogP contribution in [0.15, 0.2) is 36.4 Å². The molecular weight excluding hydrogens is 370 g/mol. The molecule has 0 aromatic heterocycles. The molecule has 114 valence electrons. The van der Waals surface area contributed by atoms with Crippen molar-refractivity contribution in [3.8, 4) is 0 Å². The Kier molecular flexibility index (Phi) is 5.53. The summed E-state index contributed by atoms with van der Waals surface area (Å²) >= 11 is 23.5. The summed E-state index contributed by atoms with van der Waals surface area (Å²) in [4.78, 5) is 23.8. The molecule has 0 aliphatic carbocycles. The number of halogens is 4. The summed E-state index contributed by atoms with van der Waals surface area (Å²) < 4.78 is 0. The lowest BCUT2D eigenvalue weighted by molar-refractivity contribution is -0.132. The molecule has 2 amide bonds. The van der Waals surface area contributed by atoms with Crippen LogP contribution in [0.4, 0.5) is 11.4 Å². The number of benzene rings is 2. The molecule has 0 bridgehead atoms. The van der Waals surface area contributed by atoms with Gasteiger partial charge in [-0.15, -0.1) is 0 Å². The van der Waals surface area contributed by atoms with Gasteiger partial charge in [0, 0.05) is 5.02 Å². The Hall–Kier alpha value is -1.46. The smallest absolute Gasteiger partial charge is 0.314 e. The summed E-state index contributed by atoms with van der Waals surface area (Å²) in [6.07, 6.45) is 0. The van der Waals surface area contributed by atoms with Gasteiger partial charge < -0.3 is 10.6 Å². The standard InChI is InChI=1S/C14H8Cl4N2O2/c15-7-4-5-11(10(18)6-7)19-13(21)14(22)20-12-8(16)2-1-3-9(12)17/h1-6H,(H,19,21)(H,20,22). The summed E-state index contributed by atoms with van der Waals surface area (Å²) in [6.45, 7) is 0. The van der Waals surface area contributed by atoms with Crippen molar-refractivity contribution < 1.29 is 9.59 Å². The van der Waals surface area contributed by atoms with Gasteiger partial charge in [-0.2, -0.15) is 0 Å². The van der Waals surface area contributed by atoms with E-state index in [0.717, 1.165) is 0 Å². The molecule has 2 aromatic rings. The minimum Gasteiger partial charge on any atom is -0.316 e. The number of carbonyl (C=O) groups is 2. The van der Waals surface area contributed by atoms with Gasteiger partial charge in [0.15, 0.2) is 0 Å². The molecule has 2 rings (SSSR count). The van der Waals surface area contributed by atoms with Crippen LogP contribution in [-0.4, -0.2) is 11.8 Å². The fourth-order valence-electron chi connectivity index (χ4n) is 1.56. The van der Waals surface area contributed by atoms with Crippen LogP contribution >= 0.6 is 46.4 Å². The molecule has 8 heteroatoms. The molecule has 4 nitrogen and oxygen atoms in total. The third-order valence-electron chi connectivity index (χ3n) is 2.59. The van der Waals surface area contributed by atoms with Crippen molar-refractivity contribution in [2.24, 2.45) is 0 Å². The molecule has 0 saturated heterocycles. The molecule has 0 spiro atoms. The average Bonchev–Trinajstić information content (AvgIpc) is 2.45. The zero-order chi connectivity index (χ0) is 16.3. The van der Waals surface area contributed by atoms with Crippen LogP contribution in [0, 0.1) is 0 Å². The molecule has 0 aliphatic rings. The van der Waals surface area contributed by atoms with E-state index >= 15 is 0 Å². The van der Waals surface area contributed by atoms with E-state index in [1.54, 1.807) is 6.07 Å². The van der Waals surface area contributed by atoms with Crippen LogP contribution in [0.1, 0.15) is 0 Å². The summed E-state index contributed by atoms with van der Waals surface area (Å²) in [7, 11) is 0. The number of rotatable bonds is 2. The monoisotopic (exact) mass is 376 g/mol. The minimum atomic E-state index is -0.930. The average molecular weight is 378 g/mol. The number of hydrogen-bond acceptors (Lipinski definition) is 2. The Morgan fingerprint density at radius 2 is 1.36 bits per heavy atom. The number of carbonyl (C=O) groups excluding carboxylic acids is 2. The van der Waals surface area contributed by atoms with E-state index in [9.17, 15) is 9.59 Å². The summed E-state index contributed by atoms with van der Waals surface area (Å²) in [5.41, 5.74) is 0.421. The van der Waals surface area contributed by atoms with Crippen LogP contribution in [0.5, 0.6) is 0 Å². The first-order chi connectivity index (χ1) is 10.4. The van der Waals surface area contributed by atoms with Gasteiger partial charge in [0.05, 0.1) is 26.4 Å². The SMILES string of the molecule is O=C(Nc1ccc(Cl)cc1Cl)C(=O)Nc1c(Cl)cccc1Cl. The maximum absolute atomic E-state index is 11.9. The predicted octanol–water partition coefficient (Wildman–Crippen LogP) is 4.88. The molecular formula is C14H8Cl4N2O2. The van der Waals surface area contributed by atoms with E-state index in [4.69, 9.17) is 46.4 Å². The van der Waals surface area contributed by atoms with Crippen molar-refractivity contribution in [3.05, 3.63) is 56.5 Å². The quantitative estimate of drug-likeness (QED) is 0.733. The molecule has 0 unspecified atom stereocenters. The zero-order valence-corrected chi connectivity index (χ0v) is 13.8. The van der Waals surface area contributed by atoms with E-state index < -0.39 is 11.8 Å². The highest BCUT2D eigenvalue weighted by atomic mass is 35.5. The van der Waals surface area contributed by atoms with E-state index in [1.807, 2.05) is 0 Å². The fraction of sp³-hybridized carbons (Fsp3) is 0. The Bertz CT molecular complexity index is 729. The highest BCUT2D eigenvalue weighted by Crippen LogP contribution is 2.30. The van der Waals surface area contributed by atoms with E-state index in [1.165, 1.54) is 30.3 Å². The fourth-order valence-corrected chi connectivity index (χ4v) is 2.51. The van der Waals surface area contributed by atoms with E-state index in [-0.39, 0.29) is 26.4 Å². The van der Waals surface area contributed by atoms with Gasteiger partial charge in [0.1, 0.15) is 0 Å². The zero-order valence-electron chi connectivity index (χ0n) is 10.8. The normalized spacial score (nSPS) is 10.2. The topological polar surface area (TPSA) is 58.2 Å². The Labute approximate surface area is 146 Å². The first kappa shape index (κ1) is 16.9. The molecule has 2 N–H and O–H groups in total. The van der Waals surface area contributed by atoms with Gasteiger partial charge in [0.2, 0.25) is 0 Å². The Morgan fingerprint density at radius 3 is 1.95 bits per heavy atom. The molecule has 0 atom stereocenters. The van der Waals surface area contributed by atoms with Crippen LogP contribution in [0.3, 0.4) is 0 Å². The highest BCUT2D eigenvalue weighted by molar-refractivity contribution is 6.47. The Balaban J connectivity index is 2.11. The van der Waals surface area contributed by atoms with Gasteiger partial charge in [-0.3, -0.25) is 9.59 Å². The van der Waals surface area contributed by atoms with Crippen molar-refractivity contribution in [3.63, 3.8) is 0 Å². The van der Waals surface area contributed by atoms with Crippen LogP contribution in [0.25, 0.3) is 0 Å². The van der Waals surface area contributed by atoms with Crippen LogP contribution in [-0.2, 0) is 9.59 Å².